The van der Waals surface area contributed by atoms with Crippen LogP contribution in [0.15, 0.2) is 24.3 Å². The molecule has 1 fully saturated rings. The first-order valence-corrected chi connectivity index (χ1v) is 27.7. The van der Waals surface area contributed by atoms with Crippen LogP contribution < -0.4 is 9.47 Å². The van der Waals surface area contributed by atoms with Gasteiger partial charge in [-0.3, -0.25) is 0 Å². The third-order valence-corrected chi connectivity index (χ3v) is 32.3. The van der Waals surface area contributed by atoms with Crippen molar-refractivity contribution >= 4 is 14.2 Å². The number of phenols is 2. The molecule has 4 aromatic carbocycles. The number of benzene rings is 4. The van der Waals surface area contributed by atoms with Crippen molar-refractivity contribution in [1.82, 2.24) is 0 Å². The summed E-state index contributed by atoms with van der Waals surface area (Å²) < 4.78 is 154. The molecule has 0 amide bonds. The van der Waals surface area contributed by atoms with Crippen LogP contribution in [-0.2, 0) is 41.5 Å². The van der Waals surface area contributed by atoms with Crippen molar-refractivity contribution < 1.29 is 82.7 Å². The van der Waals surface area contributed by atoms with E-state index < -0.39 is 123 Å². The summed E-state index contributed by atoms with van der Waals surface area (Å²) in [4.78, 5) is 0. The molecule has 0 bridgehead atoms. The van der Waals surface area contributed by atoms with Crippen molar-refractivity contribution in [2.45, 2.75) is 113 Å². The van der Waals surface area contributed by atoms with E-state index in [1.54, 1.807) is 12.1 Å². The van der Waals surface area contributed by atoms with E-state index in [1.807, 2.05) is 41.5 Å². The van der Waals surface area contributed by atoms with E-state index in [2.05, 4.69) is 0 Å². The molecule has 4 atom stereocenters. The van der Waals surface area contributed by atoms with Gasteiger partial charge < -0.3 is 0 Å². The van der Waals surface area contributed by atoms with Gasteiger partial charge in [0.1, 0.15) is 0 Å². The second-order valence-corrected chi connectivity index (χ2v) is 32.4. The molecular formula is C42H42F10O4S2Zr. The van der Waals surface area contributed by atoms with Crippen LogP contribution in [0.3, 0.4) is 0 Å². The third-order valence-electron chi connectivity index (χ3n) is 10.5. The zero-order chi connectivity index (χ0) is 43.5. The molecule has 2 aliphatic rings. The summed E-state index contributed by atoms with van der Waals surface area (Å²) in [6.45, 7) is 11.1. The van der Waals surface area contributed by atoms with Crippen molar-refractivity contribution in [1.29, 1.82) is 0 Å². The zero-order valence-corrected chi connectivity index (χ0v) is 37.0. The number of rotatable bonds is 8. The maximum absolute atomic E-state index is 14.8. The van der Waals surface area contributed by atoms with Gasteiger partial charge in [0.15, 0.2) is 0 Å². The maximum atomic E-state index is 14.8. The predicted molar refractivity (Wildman–Crippen MR) is 204 cm³/mol. The van der Waals surface area contributed by atoms with Crippen LogP contribution in [-0.4, -0.2) is 20.7 Å². The quantitative estimate of drug-likeness (QED) is 0.105. The summed E-state index contributed by atoms with van der Waals surface area (Å²) in [5.41, 5.74) is 0.739. The molecule has 0 radical (unpaired) electrons. The van der Waals surface area contributed by atoms with E-state index in [0.717, 1.165) is 38.5 Å². The summed E-state index contributed by atoms with van der Waals surface area (Å²) in [6, 6.07) is 6.16. The number of aromatic hydroxyl groups is 2. The number of phenolic OH excluding ortho intramolecular Hbond substituents is 2. The van der Waals surface area contributed by atoms with Crippen LogP contribution in [0.4, 0.5) is 43.9 Å². The number of halogens is 10. The van der Waals surface area contributed by atoms with E-state index in [9.17, 15) is 54.1 Å². The van der Waals surface area contributed by atoms with Crippen LogP contribution in [0.25, 0.3) is 0 Å². The first-order chi connectivity index (χ1) is 27.5. The van der Waals surface area contributed by atoms with Gasteiger partial charge in [-0.15, -0.1) is 0 Å². The minimum atomic E-state index is -2.35. The molecule has 0 saturated heterocycles. The van der Waals surface area contributed by atoms with Gasteiger partial charge in [0.25, 0.3) is 0 Å². The zero-order valence-electron chi connectivity index (χ0n) is 32.9. The van der Waals surface area contributed by atoms with E-state index in [0.29, 0.717) is 33.8 Å². The summed E-state index contributed by atoms with van der Waals surface area (Å²) in [6.07, 6.45) is 5.72. The monoisotopic (exact) mass is 954 g/mol. The van der Waals surface area contributed by atoms with E-state index in [1.165, 1.54) is 12.1 Å². The molecule has 1 aliphatic carbocycles. The number of hydrogen-bond donors (Lipinski definition) is 2. The number of hydrogen-bond acceptors (Lipinski definition) is 4. The van der Waals surface area contributed by atoms with Gasteiger partial charge in [-0.2, -0.15) is 0 Å². The van der Waals surface area contributed by atoms with Crippen LogP contribution in [0.5, 0.6) is 34.5 Å². The second kappa shape index (κ2) is 17.4. The van der Waals surface area contributed by atoms with Gasteiger partial charge in [0, 0.05) is 0 Å². The second-order valence-electron chi connectivity index (χ2n) is 16.8. The Morgan fingerprint density at radius 2 is 0.814 bits per heavy atom. The molecule has 1 aliphatic heterocycles. The molecule has 320 valence electrons. The Morgan fingerprint density at radius 3 is 1.12 bits per heavy atom. The Balaban J connectivity index is 1.46. The molecular weight excluding hydrogens is 914 g/mol. The number of ether oxygens (including phenoxy) is 2. The van der Waals surface area contributed by atoms with Gasteiger partial charge in [0.2, 0.25) is 0 Å². The Morgan fingerprint density at radius 1 is 0.508 bits per heavy atom. The Bertz CT molecular complexity index is 2200. The van der Waals surface area contributed by atoms with E-state index >= 15 is 0 Å². The standard InChI is InChI=1S/C42H42F10O4S2.Zr/c1-41(2,3)21-13-19(37(53)23(15-21)55-39-33(49)29(45)27(43)30(46)34(39)50)17-57-25-11-9-7-8-10-12-26(25)58-18-20-14-22(42(4,5)6)16-24(38(20)54)56-40-35(51)31(47)28(44)32(48)36(40)52;/h13-16,25-26,53-54H,7-12,17-18H2,1-6H3;/t25-,26?;/m0./s1. The van der Waals surface area contributed by atoms with Gasteiger partial charge in [0.05, 0.1) is 0 Å². The number of fused-ring (bicyclic) bond motifs is 1. The van der Waals surface area contributed by atoms with Gasteiger partial charge in [-0.05, 0) is 0 Å². The van der Waals surface area contributed by atoms with Crippen molar-refractivity contribution in [3.05, 3.63) is 105 Å². The normalized spacial score (nSPS) is 19.7. The molecule has 4 nitrogen and oxygen atoms in total. The van der Waals surface area contributed by atoms with E-state index in [4.69, 9.17) is 9.47 Å². The summed E-state index contributed by atoms with van der Waals surface area (Å²) >= 11 is -1.50. The van der Waals surface area contributed by atoms with Crippen LogP contribution in [0.2, 0.25) is 0 Å². The molecule has 4 aromatic rings. The molecule has 0 spiro atoms. The predicted octanol–water partition coefficient (Wildman–Crippen LogP) is 13.9. The fourth-order valence-electron chi connectivity index (χ4n) is 7.08. The fraction of sp³-hybridized carbons (Fsp3) is 0.429. The molecule has 3 unspecified atom stereocenters. The summed E-state index contributed by atoms with van der Waals surface area (Å²) in [5, 5.41) is 23.6. The minimum absolute atomic E-state index is 0.208. The Hall–Kier alpha value is -3.04. The van der Waals surface area contributed by atoms with Crippen molar-refractivity contribution in [2.24, 2.45) is 0 Å². The molecule has 59 heavy (non-hydrogen) atoms. The SMILES string of the molecule is CC(C)(C)c1cc(C[S]2=[Zr]=[S](Cc3cc(C(C)(C)C)cc(Oc4c(F)c(F)c(F)c(F)c4F)c3O)[C@H]3CCCCCCC32)c(O)c(Oc2c(F)c(F)c(F)c(F)c2F)c1. The molecule has 6 rings (SSSR count). The molecule has 0 aromatic heterocycles. The first kappa shape index (κ1) is 45.5. The Labute approximate surface area is 347 Å². The van der Waals surface area contributed by atoms with Crippen molar-refractivity contribution in [3.63, 3.8) is 0 Å². The average Bonchev–Trinajstić information content (AvgIpc) is 3.46. The van der Waals surface area contributed by atoms with Crippen molar-refractivity contribution in [3.8, 4) is 34.5 Å². The first-order valence-electron chi connectivity index (χ1n) is 18.8. The fourth-order valence-corrected chi connectivity index (χ4v) is 36.0. The molecule has 1 saturated carbocycles. The van der Waals surface area contributed by atoms with Crippen LogP contribution in [0, 0.1) is 58.2 Å². The Kier molecular flexibility index (Phi) is 13.4. The van der Waals surface area contributed by atoms with E-state index in [-0.39, 0.29) is 24.7 Å². The van der Waals surface area contributed by atoms with Gasteiger partial charge in [-0.25, -0.2) is 0 Å². The van der Waals surface area contributed by atoms with Gasteiger partial charge >= 0.3 is 349 Å². The average molecular weight is 956 g/mol. The summed E-state index contributed by atoms with van der Waals surface area (Å²) in [7, 11) is -0.596. The molecule has 17 heteroatoms. The van der Waals surface area contributed by atoms with Crippen LogP contribution in [0.1, 0.15) is 102 Å². The summed E-state index contributed by atoms with van der Waals surface area (Å²) in [5.74, 6) is -26.5. The topological polar surface area (TPSA) is 58.9 Å². The van der Waals surface area contributed by atoms with Crippen molar-refractivity contribution in [2.75, 3.05) is 0 Å². The van der Waals surface area contributed by atoms with Gasteiger partial charge in [-0.1, -0.05) is 0 Å². The molecule has 1 heterocycles. The molecule has 2 N–H and O–H groups in total. The third kappa shape index (κ3) is 9.13. The van der Waals surface area contributed by atoms with Crippen LogP contribution >= 0.6 is 14.2 Å².